The Morgan fingerprint density at radius 2 is 2.54 bits per heavy atom. The second kappa shape index (κ2) is 6.02. The lowest BCUT2D eigenvalue weighted by Gasteiger charge is -2.34. The number of hydrogen-bond acceptors (Lipinski definition) is 2. The Bertz CT molecular complexity index is 186. The van der Waals surface area contributed by atoms with E-state index in [1.165, 1.54) is 5.57 Å². The van der Waals surface area contributed by atoms with Crippen LogP contribution < -0.4 is 0 Å². The number of halogens is 2. The molecule has 1 aliphatic rings. The third-order valence-corrected chi connectivity index (χ3v) is 3.29. The van der Waals surface area contributed by atoms with Crippen molar-refractivity contribution in [2.75, 3.05) is 31.6 Å². The molecule has 76 valence electrons. The Labute approximate surface area is 93.0 Å². The number of ether oxygens (including phenoxy) is 1. The molecule has 1 fully saturated rings. The molecule has 13 heavy (non-hydrogen) atoms. The van der Waals surface area contributed by atoms with Crippen molar-refractivity contribution < 1.29 is 4.74 Å². The summed E-state index contributed by atoms with van der Waals surface area (Å²) in [4.78, 5) is 2.40. The van der Waals surface area contributed by atoms with Crippen molar-refractivity contribution in [3.8, 4) is 0 Å². The largest absolute Gasteiger partial charge is 0.378 e. The maximum Gasteiger partial charge on any atom is 0.0630 e. The summed E-state index contributed by atoms with van der Waals surface area (Å²) in [7, 11) is 0. The van der Waals surface area contributed by atoms with E-state index in [1.54, 1.807) is 5.54 Å². The third-order valence-electron chi connectivity index (χ3n) is 2.17. The average molecular weight is 269 g/mol. The highest BCUT2D eigenvalue weighted by atomic mass is 79.9. The molecule has 0 radical (unpaired) electrons. The Morgan fingerprint density at radius 1 is 1.77 bits per heavy atom. The van der Waals surface area contributed by atoms with Gasteiger partial charge in [0.15, 0.2) is 0 Å². The fourth-order valence-corrected chi connectivity index (χ4v) is 2.06. The van der Waals surface area contributed by atoms with Crippen molar-refractivity contribution >= 4 is 27.5 Å². The van der Waals surface area contributed by atoms with Crippen molar-refractivity contribution in [2.24, 2.45) is 0 Å². The maximum atomic E-state index is 5.63. The standard InChI is InChI=1S/C9H15BrClNO/c1-8(5-11)6-12-2-3-13-7-9(12)4-10/h5,9H,2-4,6-7H2,1H3. The molecular formula is C9H15BrClNO. The van der Waals surface area contributed by atoms with Gasteiger partial charge in [-0.3, -0.25) is 4.90 Å². The van der Waals surface area contributed by atoms with Crippen LogP contribution in [0.1, 0.15) is 6.92 Å². The molecular weight excluding hydrogens is 253 g/mol. The summed E-state index contributed by atoms with van der Waals surface area (Å²) >= 11 is 9.12. The van der Waals surface area contributed by atoms with Gasteiger partial charge in [0.25, 0.3) is 0 Å². The number of rotatable bonds is 3. The monoisotopic (exact) mass is 267 g/mol. The molecule has 1 rings (SSSR count). The van der Waals surface area contributed by atoms with Crippen LogP contribution in [0.4, 0.5) is 0 Å². The first-order valence-corrected chi connectivity index (χ1v) is 5.97. The van der Waals surface area contributed by atoms with Gasteiger partial charge in [0.2, 0.25) is 0 Å². The van der Waals surface area contributed by atoms with Gasteiger partial charge < -0.3 is 4.74 Å². The normalized spacial score (nSPS) is 26.4. The lowest BCUT2D eigenvalue weighted by Crippen LogP contribution is -2.46. The summed E-state index contributed by atoms with van der Waals surface area (Å²) in [5.41, 5.74) is 2.86. The molecule has 0 aromatic heterocycles. The Hall–Kier alpha value is 0.430. The summed E-state index contributed by atoms with van der Waals surface area (Å²) in [5.74, 6) is 0. The number of nitrogens with zero attached hydrogens (tertiary/aromatic N) is 1. The van der Waals surface area contributed by atoms with Gasteiger partial charge in [-0.2, -0.15) is 0 Å². The van der Waals surface area contributed by atoms with Crippen LogP contribution in [0.5, 0.6) is 0 Å². The van der Waals surface area contributed by atoms with Crippen molar-refractivity contribution in [2.45, 2.75) is 13.0 Å². The first kappa shape index (κ1) is 11.5. The van der Waals surface area contributed by atoms with Gasteiger partial charge in [-0.1, -0.05) is 27.5 Å². The molecule has 1 saturated heterocycles. The van der Waals surface area contributed by atoms with Crippen molar-refractivity contribution in [3.63, 3.8) is 0 Å². The van der Waals surface area contributed by atoms with E-state index in [0.717, 1.165) is 31.6 Å². The lowest BCUT2D eigenvalue weighted by atomic mass is 10.2. The summed E-state index contributed by atoms with van der Waals surface area (Å²) in [6, 6.07) is 0.486. The van der Waals surface area contributed by atoms with Gasteiger partial charge in [-0.25, -0.2) is 0 Å². The molecule has 0 bridgehead atoms. The molecule has 4 heteroatoms. The summed E-state index contributed by atoms with van der Waals surface area (Å²) in [5, 5.41) is 0.961. The summed E-state index contributed by atoms with van der Waals surface area (Å²) in [6.07, 6.45) is 0. The zero-order valence-corrected chi connectivity index (χ0v) is 10.1. The maximum absolute atomic E-state index is 5.63. The van der Waals surface area contributed by atoms with Crippen molar-refractivity contribution in [1.82, 2.24) is 4.90 Å². The smallest absolute Gasteiger partial charge is 0.0630 e. The fourth-order valence-electron chi connectivity index (χ4n) is 1.39. The minimum Gasteiger partial charge on any atom is -0.378 e. The van der Waals surface area contributed by atoms with Gasteiger partial charge in [0.1, 0.15) is 0 Å². The van der Waals surface area contributed by atoms with E-state index in [-0.39, 0.29) is 0 Å². The van der Waals surface area contributed by atoms with Gasteiger partial charge in [-0.05, 0) is 12.5 Å². The van der Waals surface area contributed by atoms with E-state index in [4.69, 9.17) is 16.3 Å². The Morgan fingerprint density at radius 3 is 3.15 bits per heavy atom. The van der Waals surface area contributed by atoms with E-state index in [9.17, 15) is 0 Å². The van der Waals surface area contributed by atoms with Gasteiger partial charge in [0.05, 0.1) is 13.2 Å². The fraction of sp³-hybridized carbons (Fsp3) is 0.778. The van der Waals surface area contributed by atoms with E-state index >= 15 is 0 Å². The third kappa shape index (κ3) is 3.58. The lowest BCUT2D eigenvalue weighted by molar-refractivity contribution is 0.00662. The van der Waals surface area contributed by atoms with Crippen molar-refractivity contribution in [1.29, 1.82) is 0 Å². The van der Waals surface area contributed by atoms with Gasteiger partial charge in [-0.15, -0.1) is 0 Å². The molecule has 0 spiro atoms. The first-order valence-electron chi connectivity index (χ1n) is 4.41. The molecule has 0 N–H and O–H groups in total. The number of morpholine rings is 1. The van der Waals surface area contributed by atoms with Gasteiger partial charge in [0, 0.05) is 30.0 Å². The minimum atomic E-state index is 0.486. The topological polar surface area (TPSA) is 12.5 Å². The minimum absolute atomic E-state index is 0.486. The molecule has 2 nitrogen and oxygen atoms in total. The Kier molecular flexibility index (Phi) is 5.32. The molecule has 0 amide bonds. The van der Waals surface area contributed by atoms with Crippen LogP contribution in [0.2, 0.25) is 0 Å². The van der Waals surface area contributed by atoms with Crippen LogP contribution in [0.3, 0.4) is 0 Å². The van der Waals surface area contributed by atoms with E-state index in [0.29, 0.717) is 6.04 Å². The second-order valence-corrected chi connectivity index (χ2v) is 4.17. The highest BCUT2D eigenvalue weighted by molar-refractivity contribution is 9.09. The Balaban J connectivity index is 2.45. The van der Waals surface area contributed by atoms with Crippen molar-refractivity contribution in [3.05, 3.63) is 11.1 Å². The number of alkyl halides is 1. The van der Waals surface area contributed by atoms with Crippen LogP contribution in [0.15, 0.2) is 11.1 Å². The molecule has 0 saturated carbocycles. The van der Waals surface area contributed by atoms with Gasteiger partial charge >= 0.3 is 0 Å². The number of hydrogen-bond donors (Lipinski definition) is 0. The molecule has 1 unspecified atom stereocenters. The highest BCUT2D eigenvalue weighted by Gasteiger charge is 2.21. The van der Waals surface area contributed by atoms with Crippen LogP contribution >= 0.6 is 27.5 Å². The van der Waals surface area contributed by atoms with E-state index < -0.39 is 0 Å². The molecule has 1 heterocycles. The summed E-state index contributed by atoms with van der Waals surface area (Å²) in [6.45, 7) is 5.65. The average Bonchev–Trinajstić information content (AvgIpc) is 2.18. The predicted octanol–water partition coefficient (Wildman–Crippen LogP) is 2.22. The van der Waals surface area contributed by atoms with E-state index in [2.05, 4.69) is 20.8 Å². The van der Waals surface area contributed by atoms with Crippen LogP contribution in [0, 0.1) is 0 Å². The summed E-state index contributed by atoms with van der Waals surface area (Å²) < 4.78 is 5.39. The molecule has 0 aromatic rings. The molecule has 1 aliphatic heterocycles. The quantitative estimate of drug-likeness (QED) is 0.728. The second-order valence-electron chi connectivity index (χ2n) is 3.31. The molecule has 1 atom stereocenters. The molecule has 0 aromatic carbocycles. The predicted molar refractivity (Wildman–Crippen MR) is 59.6 cm³/mol. The zero-order valence-electron chi connectivity index (χ0n) is 7.80. The van der Waals surface area contributed by atoms with Crippen LogP contribution in [0.25, 0.3) is 0 Å². The highest BCUT2D eigenvalue weighted by Crippen LogP contribution is 2.11. The first-order chi connectivity index (χ1) is 6.27. The van der Waals surface area contributed by atoms with Crippen LogP contribution in [-0.4, -0.2) is 42.6 Å². The van der Waals surface area contributed by atoms with Crippen LogP contribution in [-0.2, 0) is 4.74 Å². The molecule has 0 aliphatic carbocycles. The SMILES string of the molecule is CC(=CCl)CN1CCOCC1CBr. The zero-order chi connectivity index (χ0) is 9.68. The van der Waals surface area contributed by atoms with E-state index in [1.807, 2.05) is 6.92 Å².